The summed E-state index contributed by atoms with van der Waals surface area (Å²) >= 11 is 0. The lowest BCUT2D eigenvalue weighted by atomic mass is 9.97. The zero-order valence-electron chi connectivity index (χ0n) is 14.3. The van der Waals surface area contributed by atoms with Gasteiger partial charge in [-0.25, -0.2) is 0 Å². The maximum atomic E-state index is 5.37. The standard InChI is InChI=1S/C20H25N3O/c1-24-18-13-23(14-18)15-20-19-8-10-22(12-17(19)7-9-21-20)11-16-5-3-2-4-6-16/h2-7,9,18H,8,10-15H2,1H3. The van der Waals surface area contributed by atoms with Crippen molar-refractivity contribution < 1.29 is 4.74 Å². The summed E-state index contributed by atoms with van der Waals surface area (Å²) in [5, 5.41) is 0. The summed E-state index contributed by atoms with van der Waals surface area (Å²) in [5.41, 5.74) is 5.58. The van der Waals surface area contributed by atoms with Crippen LogP contribution in [0.1, 0.15) is 22.4 Å². The van der Waals surface area contributed by atoms with E-state index in [0.29, 0.717) is 6.10 Å². The number of pyridine rings is 1. The molecule has 2 aromatic rings. The molecule has 4 rings (SSSR count). The monoisotopic (exact) mass is 323 g/mol. The third-order valence-electron chi connectivity index (χ3n) is 5.19. The summed E-state index contributed by atoms with van der Waals surface area (Å²) in [4.78, 5) is 9.63. The highest BCUT2D eigenvalue weighted by Gasteiger charge is 2.28. The molecule has 0 atom stereocenters. The number of fused-ring (bicyclic) bond motifs is 1. The molecule has 1 fully saturated rings. The molecule has 2 aliphatic rings. The highest BCUT2D eigenvalue weighted by atomic mass is 16.5. The molecule has 0 aliphatic carbocycles. The average molecular weight is 323 g/mol. The third kappa shape index (κ3) is 3.36. The molecular weight excluding hydrogens is 298 g/mol. The second kappa shape index (κ2) is 7.01. The van der Waals surface area contributed by atoms with Crippen LogP contribution >= 0.6 is 0 Å². The van der Waals surface area contributed by atoms with Crippen molar-refractivity contribution in [3.63, 3.8) is 0 Å². The Labute approximate surface area is 144 Å². The minimum absolute atomic E-state index is 0.408. The molecule has 24 heavy (non-hydrogen) atoms. The first-order valence-corrected chi connectivity index (χ1v) is 8.79. The van der Waals surface area contributed by atoms with Gasteiger partial charge >= 0.3 is 0 Å². The van der Waals surface area contributed by atoms with Crippen LogP contribution in [0.5, 0.6) is 0 Å². The van der Waals surface area contributed by atoms with Crippen LogP contribution in [0.3, 0.4) is 0 Å². The van der Waals surface area contributed by atoms with Gasteiger partial charge in [0.15, 0.2) is 0 Å². The molecule has 0 N–H and O–H groups in total. The van der Waals surface area contributed by atoms with Gasteiger partial charge in [-0.3, -0.25) is 14.8 Å². The van der Waals surface area contributed by atoms with E-state index < -0.39 is 0 Å². The lowest BCUT2D eigenvalue weighted by Crippen LogP contribution is -2.51. The van der Waals surface area contributed by atoms with E-state index in [0.717, 1.165) is 45.7 Å². The molecule has 0 unspecified atom stereocenters. The van der Waals surface area contributed by atoms with Gasteiger partial charge in [-0.2, -0.15) is 0 Å². The van der Waals surface area contributed by atoms with E-state index in [2.05, 4.69) is 51.2 Å². The average Bonchev–Trinajstić information content (AvgIpc) is 2.58. The van der Waals surface area contributed by atoms with Crippen molar-refractivity contribution in [2.24, 2.45) is 0 Å². The van der Waals surface area contributed by atoms with Crippen LogP contribution in [0, 0.1) is 0 Å². The molecule has 4 heteroatoms. The summed E-state index contributed by atoms with van der Waals surface area (Å²) in [5.74, 6) is 0. The fourth-order valence-corrected chi connectivity index (χ4v) is 3.75. The highest BCUT2D eigenvalue weighted by molar-refractivity contribution is 5.32. The number of likely N-dealkylation sites (tertiary alicyclic amines) is 1. The van der Waals surface area contributed by atoms with Crippen molar-refractivity contribution in [2.45, 2.75) is 32.2 Å². The Morgan fingerprint density at radius 1 is 1.08 bits per heavy atom. The topological polar surface area (TPSA) is 28.6 Å². The van der Waals surface area contributed by atoms with Gasteiger partial charge in [-0.15, -0.1) is 0 Å². The normalized spacial score (nSPS) is 19.0. The van der Waals surface area contributed by atoms with E-state index >= 15 is 0 Å². The number of nitrogens with zero attached hydrogens (tertiary/aromatic N) is 3. The Balaban J connectivity index is 1.42. The van der Waals surface area contributed by atoms with Gasteiger partial charge in [0.2, 0.25) is 0 Å². The predicted molar refractivity (Wildman–Crippen MR) is 94.6 cm³/mol. The smallest absolute Gasteiger partial charge is 0.0825 e. The molecule has 0 saturated carbocycles. The number of rotatable bonds is 5. The summed E-state index contributed by atoms with van der Waals surface area (Å²) < 4.78 is 5.37. The van der Waals surface area contributed by atoms with Crippen LogP contribution in [0.15, 0.2) is 42.6 Å². The molecule has 4 nitrogen and oxygen atoms in total. The highest BCUT2D eigenvalue weighted by Crippen LogP contribution is 2.24. The zero-order valence-corrected chi connectivity index (χ0v) is 14.3. The molecule has 0 amide bonds. The maximum absolute atomic E-state index is 5.37. The minimum atomic E-state index is 0.408. The van der Waals surface area contributed by atoms with Crippen molar-refractivity contribution >= 4 is 0 Å². The molecule has 2 aliphatic heterocycles. The third-order valence-corrected chi connectivity index (χ3v) is 5.19. The Bertz CT molecular complexity index is 683. The summed E-state index contributed by atoms with van der Waals surface area (Å²) in [7, 11) is 1.80. The van der Waals surface area contributed by atoms with E-state index in [1.807, 2.05) is 6.20 Å². The van der Waals surface area contributed by atoms with E-state index in [9.17, 15) is 0 Å². The first-order valence-electron chi connectivity index (χ1n) is 8.79. The molecule has 0 bridgehead atoms. The minimum Gasteiger partial charge on any atom is -0.379 e. The molecule has 1 saturated heterocycles. The fourth-order valence-electron chi connectivity index (χ4n) is 3.75. The van der Waals surface area contributed by atoms with Gasteiger partial charge in [0.25, 0.3) is 0 Å². The molecule has 1 aromatic heterocycles. The number of hydrogen-bond acceptors (Lipinski definition) is 4. The number of aromatic nitrogens is 1. The van der Waals surface area contributed by atoms with Crippen molar-refractivity contribution in [3.05, 3.63) is 65.0 Å². The first kappa shape index (κ1) is 15.8. The van der Waals surface area contributed by atoms with Gasteiger partial charge < -0.3 is 4.74 Å². The van der Waals surface area contributed by atoms with E-state index in [1.54, 1.807) is 7.11 Å². The van der Waals surface area contributed by atoms with Gasteiger partial charge in [0.1, 0.15) is 0 Å². The van der Waals surface area contributed by atoms with Crippen LogP contribution in [-0.4, -0.2) is 47.6 Å². The Morgan fingerprint density at radius 2 is 1.92 bits per heavy atom. The largest absolute Gasteiger partial charge is 0.379 e. The van der Waals surface area contributed by atoms with Crippen LogP contribution < -0.4 is 0 Å². The summed E-state index contributed by atoms with van der Waals surface area (Å²) in [6, 6.07) is 12.9. The molecule has 126 valence electrons. The molecular formula is C20H25N3O. The number of benzene rings is 1. The van der Waals surface area contributed by atoms with Crippen molar-refractivity contribution in [1.82, 2.24) is 14.8 Å². The van der Waals surface area contributed by atoms with Crippen molar-refractivity contribution in [1.29, 1.82) is 0 Å². The number of methoxy groups -OCH3 is 1. The Hall–Kier alpha value is -1.75. The van der Waals surface area contributed by atoms with Crippen LogP contribution in [0.2, 0.25) is 0 Å². The van der Waals surface area contributed by atoms with Gasteiger partial charge in [-0.05, 0) is 29.2 Å². The predicted octanol–water partition coefficient (Wildman–Crippen LogP) is 2.47. The second-order valence-electron chi connectivity index (χ2n) is 6.89. The van der Waals surface area contributed by atoms with Crippen LogP contribution in [-0.2, 0) is 30.8 Å². The lowest BCUT2D eigenvalue weighted by molar-refractivity contribution is -0.0340. The van der Waals surface area contributed by atoms with Crippen molar-refractivity contribution in [2.75, 3.05) is 26.7 Å². The van der Waals surface area contributed by atoms with Crippen LogP contribution in [0.25, 0.3) is 0 Å². The molecule has 0 spiro atoms. The quantitative estimate of drug-likeness (QED) is 0.845. The van der Waals surface area contributed by atoms with E-state index in [-0.39, 0.29) is 0 Å². The fraction of sp³-hybridized carbons (Fsp3) is 0.450. The summed E-state index contributed by atoms with van der Waals surface area (Å²) in [6.45, 7) is 6.19. The number of ether oxygens (including phenoxy) is 1. The van der Waals surface area contributed by atoms with E-state index in [4.69, 9.17) is 4.74 Å². The molecule has 1 aromatic carbocycles. The van der Waals surface area contributed by atoms with Crippen molar-refractivity contribution in [3.8, 4) is 0 Å². The van der Waals surface area contributed by atoms with Gasteiger partial charge in [0, 0.05) is 52.6 Å². The summed E-state index contributed by atoms with van der Waals surface area (Å²) in [6.07, 6.45) is 3.49. The van der Waals surface area contributed by atoms with Crippen LogP contribution in [0.4, 0.5) is 0 Å². The lowest BCUT2D eigenvalue weighted by Gasteiger charge is -2.38. The van der Waals surface area contributed by atoms with Gasteiger partial charge in [0.05, 0.1) is 11.8 Å². The number of hydrogen-bond donors (Lipinski definition) is 0. The Kier molecular flexibility index (Phi) is 4.60. The zero-order chi connectivity index (χ0) is 16.4. The van der Waals surface area contributed by atoms with Gasteiger partial charge in [-0.1, -0.05) is 30.3 Å². The maximum Gasteiger partial charge on any atom is 0.0825 e. The first-order chi connectivity index (χ1) is 11.8. The Morgan fingerprint density at radius 3 is 2.71 bits per heavy atom. The second-order valence-corrected chi connectivity index (χ2v) is 6.89. The van der Waals surface area contributed by atoms with E-state index in [1.165, 1.54) is 22.4 Å². The SMILES string of the molecule is COC1CN(Cc2nccc3c2CCN(Cc2ccccc2)C3)C1. The molecule has 0 radical (unpaired) electrons. The molecule has 3 heterocycles.